The van der Waals surface area contributed by atoms with Gasteiger partial charge in [0.2, 0.25) is 0 Å². The van der Waals surface area contributed by atoms with Gasteiger partial charge in [-0.05, 0) is 42.2 Å². The van der Waals surface area contributed by atoms with Crippen LogP contribution in [0.3, 0.4) is 0 Å². The summed E-state index contributed by atoms with van der Waals surface area (Å²) in [6, 6.07) is 17.0. The van der Waals surface area contributed by atoms with Gasteiger partial charge in [-0.2, -0.15) is 0 Å². The molecule has 0 spiro atoms. The zero-order valence-corrected chi connectivity index (χ0v) is 12.3. The first-order valence-electron chi connectivity index (χ1n) is 7.28. The summed E-state index contributed by atoms with van der Waals surface area (Å²) in [5, 5.41) is 12.5. The molecule has 0 fully saturated rings. The lowest BCUT2D eigenvalue weighted by molar-refractivity contribution is 0.282. The van der Waals surface area contributed by atoms with Crippen molar-refractivity contribution in [1.29, 1.82) is 0 Å². The van der Waals surface area contributed by atoms with Crippen LogP contribution in [0.4, 0.5) is 5.69 Å². The quantitative estimate of drug-likeness (QED) is 0.819. The van der Waals surface area contributed by atoms with Gasteiger partial charge < -0.3 is 10.4 Å². The lowest BCUT2D eigenvalue weighted by Gasteiger charge is -2.16. The van der Waals surface area contributed by atoms with Crippen molar-refractivity contribution in [3.05, 3.63) is 65.2 Å². The average molecular weight is 269 g/mol. The Hall–Kier alpha value is -1.80. The molecule has 0 aliphatic carbocycles. The minimum atomic E-state index is 0.0920. The fraction of sp³-hybridized carbons (Fsp3) is 0.333. The third kappa shape index (κ3) is 3.84. The van der Waals surface area contributed by atoms with Crippen LogP contribution in [0.5, 0.6) is 0 Å². The number of hydrogen-bond acceptors (Lipinski definition) is 2. The Balaban J connectivity index is 2.01. The van der Waals surface area contributed by atoms with Crippen molar-refractivity contribution < 1.29 is 5.11 Å². The van der Waals surface area contributed by atoms with Crippen molar-refractivity contribution in [3.63, 3.8) is 0 Å². The number of aryl methyl sites for hydroxylation is 1. The van der Waals surface area contributed by atoms with Crippen molar-refractivity contribution in [2.45, 2.75) is 39.3 Å². The molecule has 2 aromatic carbocycles. The number of benzene rings is 2. The molecule has 2 rings (SSSR count). The molecule has 0 bridgehead atoms. The van der Waals surface area contributed by atoms with Gasteiger partial charge in [-0.1, -0.05) is 49.7 Å². The average Bonchev–Trinajstić information content (AvgIpc) is 2.49. The molecule has 0 saturated heterocycles. The molecule has 0 aromatic heterocycles. The Morgan fingerprint density at radius 3 is 2.10 bits per heavy atom. The summed E-state index contributed by atoms with van der Waals surface area (Å²) in [7, 11) is 0. The predicted octanol–water partition coefficient (Wildman–Crippen LogP) is 4.30. The summed E-state index contributed by atoms with van der Waals surface area (Å²) in [5.41, 5.74) is 4.70. The zero-order valence-electron chi connectivity index (χ0n) is 12.3. The van der Waals surface area contributed by atoms with Crippen LogP contribution in [-0.4, -0.2) is 5.11 Å². The molecule has 0 radical (unpaired) electrons. The second-order valence-corrected chi connectivity index (χ2v) is 5.21. The van der Waals surface area contributed by atoms with Crippen LogP contribution in [0.2, 0.25) is 0 Å². The summed E-state index contributed by atoms with van der Waals surface area (Å²) >= 11 is 0. The molecule has 2 heteroatoms. The molecular weight excluding hydrogens is 246 g/mol. The van der Waals surface area contributed by atoms with Crippen molar-refractivity contribution >= 4 is 5.69 Å². The molecule has 0 heterocycles. The predicted molar refractivity (Wildman–Crippen MR) is 84.8 cm³/mol. The van der Waals surface area contributed by atoms with E-state index in [0.717, 1.165) is 17.7 Å². The van der Waals surface area contributed by atoms with Crippen molar-refractivity contribution in [3.8, 4) is 0 Å². The number of aliphatic hydroxyl groups excluding tert-OH is 1. The first kappa shape index (κ1) is 14.6. The van der Waals surface area contributed by atoms with E-state index in [1.54, 1.807) is 0 Å². The van der Waals surface area contributed by atoms with Crippen LogP contribution in [0, 0.1) is 0 Å². The fourth-order valence-corrected chi connectivity index (χ4v) is 2.30. The van der Waals surface area contributed by atoms with E-state index >= 15 is 0 Å². The molecular formula is C18H23NO. The van der Waals surface area contributed by atoms with Crippen LogP contribution in [0.1, 0.15) is 43.0 Å². The smallest absolute Gasteiger partial charge is 0.0681 e. The van der Waals surface area contributed by atoms with Gasteiger partial charge in [0.15, 0.2) is 0 Å². The van der Waals surface area contributed by atoms with E-state index in [-0.39, 0.29) is 12.6 Å². The number of nitrogens with one attached hydrogen (secondary N) is 1. The Morgan fingerprint density at radius 2 is 1.55 bits per heavy atom. The van der Waals surface area contributed by atoms with Gasteiger partial charge in [0, 0.05) is 11.7 Å². The molecule has 0 amide bonds. The SMILES string of the molecule is CCCc1ccc(C(C)Nc2ccc(CO)cc2)cc1. The van der Waals surface area contributed by atoms with Gasteiger partial charge in [-0.15, -0.1) is 0 Å². The normalized spacial score (nSPS) is 12.2. The Labute approximate surface area is 121 Å². The molecule has 106 valence electrons. The minimum Gasteiger partial charge on any atom is -0.392 e. The standard InChI is InChI=1S/C18H23NO/c1-3-4-15-5-9-17(10-6-15)14(2)19-18-11-7-16(13-20)8-12-18/h5-12,14,19-20H,3-4,13H2,1-2H3. The van der Waals surface area contributed by atoms with E-state index in [2.05, 4.69) is 43.4 Å². The lowest BCUT2D eigenvalue weighted by atomic mass is 10.0. The Morgan fingerprint density at radius 1 is 0.950 bits per heavy atom. The maximum Gasteiger partial charge on any atom is 0.0681 e. The van der Waals surface area contributed by atoms with Crippen molar-refractivity contribution in [2.24, 2.45) is 0 Å². The highest BCUT2D eigenvalue weighted by molar-refractivity contribution is 5.46. The minimum absolute atomic E-state index is 0.0920. The molecule has 2 aromatic rings. The maximum absolute atomic E-state index is 9.04. The summed E-state index contributed by atoms with van der Waals surface area (Å²) < 4.78 is 0. The summed E-state index contributed by atoms with van der Waals surface area (Å²) in [5.74, 6) is 0. The third-order valence-electron chi connectivity index (χ3n) is 3.54. The number of anilines is 1. The summed E-state index contributed by atoms with van der Waals surface area (Å²) in [4.78, 5) is 0. The monoisotopic (exact) mass is 269 g/mol. The van der Waals surface area contributed by atoms with E-state index in [4.69, 9.17) is 5.11 Å². The first-order valence-corrected chi connectivity index (χ1v) is 7.28. The lowest BCUT2D eigenvalue weighted by Crippen LogP contribution is -2.06. The van der Waals surface area contributed by atoms with E-state index < -0.39 is 0 Å². The number of aliphatic hydroxyl groups is 1. The van der Waals surface area contributed by atoms with Gasteiger partial charge in [0.1, 0.15) is 0 Å². The summed E-state index contributed by atoms with van der Waals surface area (Å²) in [6.07, 6.45) is 2.33. The van der Waals surface area contributed by atoms with Crippen LogP contribution in [-0.2, 0) is 13.0 Å². The highest BCUT2D eigenvalue weighted by Gasteiger charge is 2.05. The second-order valence-electron chi connectivity index (χ2n) is 5.21. The molecule has 20 heavy (non-hydrogen) atoms. The first-order chi connectivity index (χ1) is 9.72. The third-order valence-corrected chi connectivity index (χ3v) is 3.54. The van der Waals surface area contributed by atoms with Gasteiger partial charge in [-0.3, -0.25) is 0 Å². The van der Waals surface area contributed by atoms with Crippen LogP contribution >= 0.6 is 0 Å². The molecule has 0 aliphatic heterocycles. The number of hydrogen-bond donors (Lipinski definition) is 2. The van der Waals surface area contributed by atoms with E-state index in [0.29, 0.717) is 0 Å². The van der Waals surface area contributed by atoms with Crippen molar-refractivity contribution in [1.82, 2.24) is 0 Å². The molecule has 1 unspecified atom stereocenters. The highest BCUT2D eigenvalue weighted by atomic mass is 16.3. The van der Waals surface area contributed by atoms with Crippen molar-refractivity contribution in [2.75, 3.05) is 5.32 Å². The zero-order chi connectivity index (χ0) is 14.4. The van der Waals surface area contributed by atoms with Gasteiger partial charge >= 0.3 is 0 Å². The van der Waals surface area contributed by atoms with Crippen LogP contribution < -0.4 is 5.32 Å². The number of rotatable bonds is 6. The van der Waals surface area contributed by atoms with E-state index in [1.165, 1.54) is 17.5 Å². The molecule has 2 N–H and O–H groups in total. The van der Waals surface area contributed by atoms with Gasteiger partial charge in [0.25, 0.3) is 0 Å². The van der Waals surface area contributed by atoms with Gasteiger partial charge in [0.05, 0.1) is 6.61 Å². The fourth-order valence-electron chi connectivity index (χ4n) is 2.30. The van der Waals surface area contributed by atoms with Gasteiger partial charge in [-0.25, -0.2) is 0 Å². The topological polar surface area (TPSA) is 32.3 Å². The van der Waals surface area contributed by atoms with E-state index in [1.807, 2.05) is 24.3 Å². The Bertz CT molecular complexity index is 516. The van der Waals surface area contributed by atoms with Crippen LogP contribution in [0.15, 0.2) is 48.5 Å². The maximum atomic E-state index is 9.04. The molecule has 2 nitrogen and oxygen atoms in total. The second kappa shape index (κ2) is 7.11. The molecule has 0 saturated carbocycles. The highest BCUT2D eigenvalue weighted by Crippen LogP contribution is 2.20. The molecule has 0 aliphatic rings. The Kier molecular flexibility index (Phi) is 5.19. The van der Waals surface area contributed by atoms with Crippen LogP contribution in [0.25, 0.3) is 0 Å². The van der Waals surface area contributed by atoms with E-state index in [9.17, 15) is 0 Å². The summed E-state index contributed by atoms with van der Waals surface area (Å²) in [6.45, 7) is 4.46. The molecule has 1 atom stereocenters. The largest absolute Gasteiger partial charge is 0.392 e.